The highest BCUT2D eigenvalue weighted by Gasteiger charge is 2.22. The Hall–Kier alpha value is -2.99. The Kier molecular flexibility index (Phi) is 4.50. The van der Waals surface area contributed by atoms with Gasteiger partial charge in [0.05, 0.1) is 13.7 Å². The molecular weight excluding hydrogens is 350 g/mol. The fourth-order valence-corrected chi connectivity index (χ4v) is 3.48. The van der Waals surface area contributed by atoms with Gasteiger partial charge in [0.25, 0.3) is 5.91 Å². The molecule has 1 aliphatic rings. The predicted octanol–water partition coefficient (Wildman–Crippen LogP) is 4.33. The molecule has 0 aliphatic carbocycles. The maximum Gasteiger partial charge on any atom is 0.258 e. The summed E-state index contributed by atoms with van der Waals surface area (Å²) >= 11 is 1.62. The van der Waals surface area contributed by atoms with Crippen LogP contribution in [-0.2, 0) is 6.54 Å². The number of rotatable bonds is 5. The molecule has 0 saturated heterocycles. The third-order valence-corrected chi connectivity index (χ3v) is 5.00. The fourth-order valence-electron chi connectivity index (χ4n) is 2.79. The monoisotopic (exact) mass is 367 g/mol. The van der Waals surface area contributed by atoms with Crippen molar-refractivity contribution in [3.05, 3.63) is 70.4 Å². The molecule has 0 radical (unpaired) electrons. The molecule has 0 bridgehead atoms. The summed E-state index contributed by atoms with van der Waals surface area (Å²) in [7, 11) is 1.62. The van der Waals surface area contributed by atoms with Gasteiger partial charge in [-0.15, -0.1) is 11.3 Å². The third-order valence-electron chi connectivity index (χ3n) is 4.14. The van der Waals surface area contributed by atoms with E-state index in [1.807, 2.05) is 41.8 Å². The molecule has 6 heteroatoms. The van der Waals surface area contributed by atoms with Crippen molar-refractivity contribution in [2.75, 3.05) is 18.8 Å². The second-order valence-electron chi connectivity index (χ2n) is 5.74. The second-order valence-corrected chi connectivity index (χ2v) is 6.77. The number of fused-ring (bicyclic) bond motifs is 1. The van der Waals surface area contributed by atoms with Crippen LogP contribution >= 0.6 is 11.3 Å². The highest BCUT2D eigenvalue weighted by atomic mass is 32.1. The first-order chi connectivity index (χ1) is 12.7. The predicted molar refractivity (Wildman–Crippen MR) is 100 cm³/mol. The summed E-state index contributed by atoms with van der Waals surface area (Å²) in [4.78, 5) is 16.1. The van der Waals surface area contributed by atoms with Crippen molar-refractivity contribution in [3.8, 4) is 17.2 Å². The van der Waals surface area contributed by atoms with Crippen LogP contribution in [0.5, 0.6) is 17.2 Å². The van der Waals surface area contributed by atoms with Crippen LogP contribution in [0.4, 0.5) is 5.69 Å². The first kappa shape index (κ1) is 16.5. The maximum absolute atomic E-state index is 13.2. The Balaban J connectivity index is 1.67. The van der Waals surface area contributed by atoms with Crippen LogP contribution in [0.2, 0.25) is 0 Å². The minimum Gasteiger partial charge on any atom is -0.497 e. The lowest BCUT2D eigenvalue weighted by Crippen LogP contribution is -2.30. The third kappa shape index (κ3) is 3.23. The molecular formula is C20H17NO4S. The highest BCUT2D eigenvalue weighted by molar-refractivity contribution is 7.09. The number of hydrogen-bond donors (Lipinski definition) is 0. The topological polar surface area (TPSA) is 48.0 Å². The lowest BCUT2D eigenvalue weighted by atomic mass is 10.1. The number of carbonyl (C=O) groups is 1. The van der Waals surface area contributed by atoms with Crippen molar-refractivity contribution >= 4 is 22.9 Å². The average molecular weight is 367 g/mol. The van der Waals surface area contributed by atoms with Crippen LogP contribution < -0.4 is 19.1 Å². The van der Waals surface area contributed by atoms with Gasteiger partial charge >= 0.3 is 0 Å². The zero-order valence-corrected chi connectivity index (χ0v) is 15.0. The smallest absolute Gasteiger partial charge is 0.258 e. The van der Waals surface area contributed by atoms with Gasteiger partial charge in [0.15, 0.2) is 11.5 Å². The number of carbonyl (C=O) groups excluding carboxylic acids is 1. The van der Waals surface area contributed by atoms with E-state index < -0.39 is 0 Å². The van der Waals surface area contributed by atoms with Crippen LogP contribution in [0.25, 0.3) is 0 Å². The van der Waals surface area contributed by atoms with Crippen LogP contribution in [0.1, 0.15) is 15.2 Å². The normalized spacial score (nSPS) is 12.0. The van der Waals surface area contributed by atoms with Gasteiger partial charge in [-0.1, -0.05) is 6.07 Å². The van der Waals surface area contributed by atoms with E-state index in [0.717, 1.165) is 16.3 Å². The van der Waals surface area contributed by atoms with E-state index in [1.165, 1.54) is 0 Å². The molecule has 4 rings (SSSR count). The molecule has 0 saturated carbocycles. The Labute approximate surface area is 155 Å². The molecule has 0 atom stereocenters. The summed E-state index contributed by atoms with van der Waals surface area (Å²) in [5, 5.41) is 2.01. The quantitative estimate of drug-likeness (QED) is 0.673. The van der Waals surface area contributed by atoms with E-state index in [0.29, 0.717) is 23.6 Å². The first-order valence-electron chi connectivity index (χ1n) is 8.12. The molecule has 1 aliphatic heterocycles. The number of ether oxygens (including phenoxy) is 3. The molecule has 0 unspecified atom stereocenters. The lowest BCUT2D eigenvalue weighted by Gasteiger charge is -2.23. The van der Waals surface area contributed by atoms with E-state index >= 15 is 0 Å². The van der Waals surface area contributed by atoms with Crippen molar-refractivity contribution in [2.24, 2.45) is 0 Å². The van der Waals surface area contributed by atoms with E-state index in [1.54, 1.807) is 41.5 Å². The van der Waals surface area contributed by atoms with Crippen LogP contribution in [0, 0.1) is 0 Å². The van der Waals surface area contributed by atoms with E-state index in [4.69, 9.17) is 14.2 Å². The minimum absolute atomic E-state index is 0.0955. The first-order valence-corrected chi connectivity index (χ1v) is 9.00. The van der Waals surface area contributed by atoms with Gasteiger partial charge in [-0.3, -0.25) is 4.79 Å². The Morgan fingerprint density at radius 2 is 1.92 bits per heavy atom. The van der Waals surface area contributed by atoms with Gasteiger partial charge in [0, 0.05) is 16.1 Å². The van der Waals surface area contributed by atoms with Gasteiger partial charge in [-0.25, -0.2) is 0 Å². The van der Waals surface area contributed by atoms with Gasteiger partial charge < -0.3 is 19.1 Å². The second kappa shape index (κ2) is 7.09. The van der Waals surface area contributed by atoms with Crippen LogP contribution in [-0.4, -0.2) is 19.8 Å². The molecule has 1 aromatic heterocycles. The summed E-state index contributed by atoms with van der Waals surface area (Å²) in [5.41, 5.74) is 1.36. The number of thiophene rings is 1. The fraction of sp³-hybridized carbons (Fsp3) is 0.150. The Morgan fingerprint density at radius 1 is 1.12 bits per heavy atom. The maximum atomic E-state index is 13.2. The number of nitrogens with zero attached hydrogens (tertiary/aromatic N) is 1. The molecule has 132 valence electrons. The molecule has 5 nitrogen and oxygen atoms in total. The van der Waals surface area contributed by atoms with Crippen LogP contribution in [0.15, 0.2) is 60.0 Å². The summed E-state index contributed by atoms with van der Waals surface area (Å²) in [6, 6.07) is 16.7. The van der Waals surface area contributed by atoms with Crippen molar-refractivity contribution in [1.29, 1.82) is 0 Å². The molecule has 26 heavy (non-hydrogen) atoms. The van der Waals surface area contributed by atoms with Crippen molar-refractivity contribution in [1.82, 2.24) is 0 Å². The summed E-state index contributed by atoms with van der Waals surface area (Å²) in [6.07, 6.45) is 0. The van der Waals surface area contributed by atoms with E-state index in [-0.39, 0.29) is 12.7 Å². The summed E-state index contributed by atoms with van der Waals surface area (Å²) in [5.74, 6) is 1.92. The molecule has 0 N–H and O–H groups in total. The number of benzene rings is 2. The van der Waals surface area contributed by atoms with Gasteiger partial charge in [-0.2, -0.15) is 0 Å². The van der Waals surface area contributed by atoms with E-state index in [9.17, 15) is 4.79 Å². The zero-order chi connectivity index (χ0) is 17.9. The standard InChI is InChI=1S/C20H17NO4S/c1-23-16-7-5-15(6-8-16)21(12-17-3-2-10-26-17)20(22)14-4-9-18-19(11-14)25-13-24-18/h2-11H,12-13H2,1H3. The molecule has 0 spiro atoms. The van der Waals surface area contributed by atoms with Crippen molar-refractivity contribution in [2.45, 2.75) is 6.54 Å². The largest absolute Gasteiger partial charge is 0.497 e. The van der Waals surface area contributed by atoms with Crippen molar-refractivity contribution < 1.29 is 19.0 Å². The summed E-state index contributed by atoms with van der Waals surface area (Å²) in [6.45, 7) is 0.682. The van der Waals surface area contributed by atoms with Crippen LogP contribution in [0.3, 0.4) is 0 Å². The van der Waals surface area contributed by atoms with E-state index in [2.05, 4.69) is 0 Å². The van der Waals surface area contributed by atoms with Gasteiger partial charge in [-0.05, 0) is 53.9 Å². The summed E-state index contributed by atoms with van der Waals surface area (Å²) < 4.78 is 16.0. The molecule has 2 aromatic carbocycles. The Morgan fingerprint density at radius 3 is 2.65 bits per heavy atom. The number of amides is 1. The zero-order valence-electron chi connectivity index (χ0n) is 14.2. The average Bonchev–Trinajstić information content (AvgIpc) is 3.36. The number of hydrogen-bond acceptors (Lipinski definition) is 5. The molecule has 0 fully saturated rings. The molecule has 2 heterocycles. The highest BCUT2D eigenvalue weighted by Crippen LogP contribution is 2.33. The van der Waals surface area contributed by atoms with Crippen molar-refractivity contribution in [3.63, 3.8) is 0 Å². The van der Waals surface area contributed by atoms with Gasteiger partial charge in [0.1, 0.15) is 5.75 Å². The lowest BCUT2D eigenvalue weighted by molar-refractivity contribution is 0.0985. The molecule has 1 amide bonds. The minimum atomic E-state index is -0.0955. The Bertz CT molecular complexity index is 906. The number of anilines is 1. The van der Waals surface area contributed by atoms with Gasteiger partial charge in [0.2, 0.25) is 6.79 Å². The number of methoxy groups -OCH3 is 1. The molecule has 3 aromatic rings. The SMILES string of the molecule is COc1ccc(N(Cc2cccs2)C(=O)c2ccc3c(c2)OCO3)cc1.